The van der Waals surface area contributed by atoms with Crippen LogP contribution in [0.25, 0.3) is 0 Å². The Balaban J connectivity index is 1.86. The van der Waals surface area contributed by atoms with Crippen molar-refractivity contribution in [1.82, 2.24) is 5.32 Å². The maximum Gasteiger partial charge on any atom is 0.251 e. The molecular formula is C20H24ClNO3. The maximum absolute atomic E-state index is 12.2. The second-order valence-electron chi connectivity index (χ2n) is 5.88. The van der Waals surface area contributed by atoms with Crippen molar-refractivity contribution in [3.8, 4) is 11.5 Å². The highest BCUT2D eigenvalue weighted by molar-refractivity contribution is 6.32. The fourth-order valence-corrected chi connectivity index (χ4v) is 2.67. The first-order valence-electron chi connectivity index (χ1n) is 8.45. The molecular weight excluding hydrogens is 338 g/mol. The highest BCUT2D eigenvalue weighted by Gasteiger charge is 2.10. The van der Waals surface area contributed by atoms with Gasteiger partial charge in [-0.25, -0.2) is 0 Å². The summed E-state index contributed by atoms with van der Waals surface area (Å²) in [5.74, 6) is 1.63. The van der Waals surface area contributed by atoms with E-state index in [1.165, 1.54) is 0 Å². The Labute approximate surface area is 154 Å². The van der Waals surface area contributed by atoms with Gasteiger partial charge >= 0.3 is 0 Å². The number of hydrogen-bond acceptors (Lipinski definition) is 3. The van der Waals surface area contributed by atoms with E-state index in [0.717, 1.165) is 11.3 Å². The molecule has 0 fully saturated rings. The summed E-state index contributed by atoms with van der Waals surface area (Å²) in [4.78, 5) is 12.2. The van der Waals surface area contributed by atoms with Crippen molar-refractivity contribution in [2.75, 3.05) is 19.8 Å². The fourth-order valence-electron chi connectivity index (χ4n) is 2.43. The van der Waals surface area contributed by atoms with Gasteiger partial charge in [-0.2, -0.15) is 0 Å². The minimum atomic E-state index is -0.189. The predicted octanol–water partition coefficient (Wildman–Crippen LogP) is 4.67. The number of halogens is 1. The number of ether oxygens (including phenoxy) is 2. The van der Waals surface area contributed by atoms with Crippen LogP contribution in [0.4, 0.5) is 0 Å². The molecule has 0 unspecified atom stereocenters. The summed E-state index contributed by atoms with van der Waals surface area (Å²) in [6.07, 6.45) is 0. The van der Waals surface area contributed by atoms with Gasteiger partial charge in [-0.15, -0.1) is 0 Å². The fraction of sp³-hybridized carbons (Fsp3) is 0.350. The number of amides is 1. The molecule has 0 spiro atoms. The molecule has 1 amide bonds. The summed E-state index contributed by atoms with van der Waals surface area (Å²) >= 11 is 6.11. The van der Waals surface area contributed by atoms with Crippen LogP contribution in [0.2, 0.25) is 5.02 Å². The van der Waals surface area contributed by atoms with Gasteiger partial charge in [0, 0.05) is 5.56 Å². The molecule has 0 atom stereocenters. The van der Waals surface area contributed by atoms with Crippen LogP contribution in [0.5, 0.6) is 11.5 Å². The molecule has 5 heteroatoms. The van der Waals surface area contributed by atoms with Gasteiger partial charge < -0.3 is 14.8 Å². The van der Waals surface area contributed by atoms with Crippen molar-refractivity contribution >= 4 is 17.5 Å². The Kier molecular flexibility index (Phi) is 7.14. The van der Waals surface area contributed by atoms with Gasteiger partial charge in [0.1, 0.15) is 18.1 Å². The molecule has 2 aromatic carbocycles. The molecule has 0 aliphatic carbocycles. The Morgan fingerprint density at radius 1 is 1.12 bits per heavy atom. The van der Waals surface area contributed by atoms with E-state index in [1.54, 1.807) is 18.2 Å². The van der Waals surface area contributed by atoms with Gasteiger partial charge in [-0.1, -0.05) is 43.6 Å². The standard InChI is InChI=1S/C20H24ClNO3/c1-4-24-19-10-9-15(13-17(19)21)20(23)22-11-12-25-18-8-6-5-7-16(18)14(2)3/h5-10,13-14H,4,11-12H2,1-3H3,(H,22,23). The summed E-state index contributed by atoms with van der Waals surface area (Å²) in [7, 11) is 0. The second kappa shape index (κ2) is 9.33. The Bertz CT molecular complexity index is 716. The molecule has 2 aromatic rings. The molecule has 0 saturated heterocycles. The first-order chi connectivity index (χ1) is 12.0. The van der Waals surface area contributed by atoms with Crippen LogP contribution in [0.15, 0.2) is 42.5 Å². The lowest BCUT2D eigenvalue weighted by atomic mass is 10.0. The zero-order valence-corrected chi connectivity index (χ0v) is 15.6. The molecule has 0 saturated carbocycles. The molecule has 1 N–H and O–H groups in total. The van der Waals surface area contributed by atoms with E-state index in [2.05, 4.69) is 25.2 Å². The topological polar surface area (TPSA) is 47.6 Å². The van der Waals surface area contributed by atoms with Gasteiger partial charge in [0.25, 0.3) is 5.91 Å². The Morgan fingerprint density at radius 3 is 2.56 bits per heavy atom. The van der Waals surface area contributed by atoms with Gasteiger partial charge in [-0.05, 0) is 42.7 Å². The van der Waals surface area contributed by atoms with E-state index in [4.69, 9.17) is 21.1 Å². The van der Waals surface area contributed by atoms with Crippen molar-refractivity contribution in [2.45, 2.75) is 26.7 Å². The maximum atomic E-state index is 12.2. The average Bonchev–Trinajstić information content (AvgIpc) is 2.60. The zero-order valence-electron chi connectivity index (χ0n) is 14.8. The van der Waals surface area contributed by atoms with E-state index in [-0.39, 0.29) is 5.91 Å². The number of para-hydroxylation sites is 1. The monoisotopic (exact) mass is 361 g/mol. The smallest absolute Gasteiger partial charge is 0.251 e. The zero-order chi connectivity index (χ0) is 18.2. The SMILES string of the molecule is CCOc1ccc(C(=O)NCCOc2ccccc2C(C)C)cc1Cl. The van der Waals surface area contributed by atoms with Crippen LogP contribution >= 0.6 is 11.6 Å². The first kappa shape index (κ1) is 19.1. The van der Waals surface area contributed by atoms with Crippen molar-refractivity contribution in [3.05, 3.63) is 58.6 Å². The largest absolute Gasteiger partial charge is 0.492 e. The van der Waals surface area contributed by atoms with Gasteiger partial charge in [0.2, 0.25) is 0 Å². The third-order valence-corrected chi connectivity index (χ3v) is 3.98. The van der Waals surface area contributed by atoms with E-state index >= 15 is 0 Å². The molecule has 0 radical (unpaired) electrons. The summed E-state index contributed by atoms with van der Waals surface area (Å²) in [6.45, 7) is 7.48. The number of rotatable bonds is 8. The van der Waals surface area contributed by atoms with E-state index in [0.29, 0.717) is 42.0 Å². The lowest BCUT2D eigenvalue weighted by Gasteiger charge is -2.14. The van der Waals surface area contributed by atoms with Crippen LogP contribution in [0.3, 0.4) is 0 Å². The van der Waals surface area contributed by atoms with Crippen LogP contribution in [0, 0.1) is 0 Å². The molecule has 0 heterocycles. The highest BCUT2D eigenvalue weighted by atomic mass is 35.5. The molecule has 0 aliphatic heterocycles. The molecule has 134 valence electrons. The van der Waals surface area contributed by atoms with Crippen molar-refractivity contribution < 1.29 is 14.3 Å². The summed E-state index contributed by atoms with van der Waals surface area (Å²) in [6, 6.07) is 13.0. The minimum absolute atomic E-state index is 0.189. The number of carbonyl (C=O) groups excluding carboxylic acids is 1. The average molecular weight is 362 g/mol. The van der Waals surface area contributed by atoms with Crippen molar-refractivity contribution in [1.29, 1.82) is 0 Å². The van der Waals surface area contributed by atoms with Crippen LogP contribution in [-0.4, -0.2) is 25.7 Å². The number of benzene rings is 2. The third-order valence-electron chi connectivity index (χ3n) is 3.68. The minimum Gasteiger partial charge on any atom is -0.492 e. The summed E-state index contributed by atoms with van der Waals surface area (Å²) in [5.41, 5.74) is 1.66. The lowest BCUT2D eigenvalue weighted by Crippen LogP contribution is -2.28. The molecule has 0 aromatic heterocycles. The Morgan fingerprint density at radius 2 is 1.88 bits per heavy atom. The van der Waals surface area contributed by atoms with E-state index < -0.39 is 0 Å². The molecule has 25 heavy (non-hydrogen) atoms. The quantitative estimate of drug-likeness (QED) is 0.695. The number of carbonyl (C=O) groups is 1. The Hall–Kier alpha value is -2.20. The molecule has 2 rings (SSSR count). The number of hydrogen-bond donors (Lipinski definition) is 1. The molecule has 0 bridgehead atoms. The second-order valence-corrected chi connectivity index (χ2v) is 6.28. The first-order valence-corrected chi connectivity index (χ1v) is 8.83. The van der Waals surface area contributed by atoms with E-state index in [9.17, 15) is 4.79 Å². The highest BCUT2D eigenvalue weighted by Crippen LogP contribution is 2.26. The van der Waals surface area contributed by atoms with Crippen LogP contribution < -0.4 is 14.8 Å². The van der Waals surface area contributed by atoms with Crippen molar-refractivity contribution in [2.24, 2.45) is 0 Å². The summed E-state index contributed by atoms with van der Waals surface area (Å²) < 4.78 is 11.2. The van der Waals surface area contributed by atoms with Gasteiger partial charge in [-0.3, -0.25) is 4.79 Å². The lowest BCUT2D eigenvalue weighted by molar-refractivity contribution is 0.0947. The van der Waals surface area contributed by atoms with E-state index in [1.807, 2.05) is 25.1 Å². The van der Waals surface area contributed by atoms with Gasteiger partial charge in [0.15, 0.2) is 0 Å². The summed E-state index contributed by atoms with van der Waals surface area (Å²) in [5, 5.41) is 3.26. The molecule has 4 nitrogen and oxygen atoms in total. The van der Waals surface area contributed by atoms with Crippen LogP contribution in [0.1, 0.15) is 42.6 Å². The predicted molar refractivity (Wildman–Crippen MR) is 101 cm³/mol. The third kappa shape index (κ3) is 5.40. The molecule has 0 aliphatic rings. The normalized spacial score (nSPS) is 10.6. The van der Waals surface area contributed by atoms with Gasteiger partial charge in [0.05, 0.1) is 18.2 Å². The number of nitrogens with one attached hydrogen (secondary N) is 1. The van der Waals surface area contributed by atoms with Crippen LogP contribution in [-0.2, 0) is 0 Å². The van der Waals surface area contributed by atoms with Crippen molar-refractivity contribution in [3.63, 3.8) is 0 Å².